The Kier molecular flexibility index (Phi) is 6.11. The molecule has 2 aromatic rings. The zero-order chi connectivity index (χ0) is 18.6. The number of hydrogen-bond donors (Lipinski definition) is 0. The van der Waals surface area contributed by atoms with Gasteiger partial charge in [0.2, 0.25) is 10.0 Å². The Hall–Kier alpha value is -1.70. The summed E-state index contributed by atoms with van der Waals surface area (Å²) in [5.41, 5.74) is 0.664. The molecule has 26 heavy (non-hydrogen) atoms. The summed E-state index contributed by atoms with van der Waals surface area (Å²) < 4.78 is 26.8. The van der Waals surface area contributed by atoms with Crippen LogP contribution in [0.15, 0.2) is 58.6 Å². The summed E-state index contributed by atoms with van der Waals surface area (Å²) in [6.07, 6.45) is 4.28. The van der Waals surface area contributed by atoms with Gasteiger partial charge in [0.1, 0.15) is 4.90 Å². The van der Waals surface area contributed by atoms with Gasteiger partial charge in [-0.1, -0.05) is 48.5 Å². The molecular weight excluding hydrogens is 368 g/mol. The van der Waals surface area contributed by atoms with Gasteiger partial charge >= 0.3 is 0 Å². The third-order valence-corrected chi connectivity index (χ3v) is 7.32. The lowest BCUT2D eigenvalue weighted by Crippen LogP contribution is -2.35. The van der Waals surface area contributed by atoms with Crippen LogP contribution < -0.4 is 0 Å². The molecule has 1 aromatic heterocycles. The van der Waals surface area contributed by atoms with Crippen LogP contribution in [-0.2, 0) is 10.0 Å². The highest BCUT2D eigenvalue weighted by atomic mass is 32.2. The Morgan fingerprint density at radius 1 is 1.08 bits per heavy atom. The predicted octanol–water partition coefficient (Wildman–Crippen LogP) is 3.62. The van der Waals surface area contributed by atoms with E-state index in [0.717, 1.165) is 19.3 Å². The van der Waals surface area contributed by atoms with Gasteiger partial charge in [0, 0.05) is 24.8 Å². The molecule has 1 saturated heterocycles. The summed E-state index contributed by atoms with van der Waals surface area (Å²) >= 11 is 1.33. The fourth-order valence-corrected chi connectivity index (χ4v) is 5.24. The molecule has 7 heteroatoms. The number of rotatable bonds is 6. The molecule has 0 aliphatic carbocycles. The minimum absolute atomic E-state index is 0.0300. The van der Waals surface area contributed by atoms with Crippen LogP contribution in [0.3, 0.4) is 0 Å². The Morgan fingerprint density at radius 2 is 1.77 bits per heavy atom. The Morgan fingerprint density at radius 3 is 2.38 bits per heavy atom. The number of thioether (sulfide) groups is 1. The van der Waals surface area contributed by atoms with Crippen molar-refractivity contribution in [2.45, 2.75) is 41.4 Å². The second-order valence-corrected chi connectivity index (χ2v) is 9.59. The van der Waals surface area contributed by atoms with Crippen molar-refractivity contribution < 1.29 is 13.2 Å². The SMILES string of the molecule is C[C@@H](Sc1ccc(S(=O)(=O)N2CCCCC2)cn1)C(=O)c1ccccc1. The average molecular weight is 391 g/mol. The van der Waals surface area contributed by atoms with Crippen LogP contribution in [-0.4, -0.2) is 41.8 Å². The molecule has 5 nitrogen and oxygen atoms in total. The highest BCUT2D eigenvalue weighted by Crippen LogP contribution is 2.26. The minimum Gasteiger partial charge on any atom is -0.293 e. The topological polar surface area (TPSA) is 67.3 Å². The molecule has 0 N–H and O–H groups in total. The summed E-state index contributed by atoms with van der Waals surface area (Å²) in [6.45, 7) is 2.98. The van der Waals surface area contributed by atoms with Gasteiger partial charge in [-0.2, -0.15) is 4.31 Å². The highest BCUT2D eigenvalue weighted by molar-refractivity contribution is 8.00. The molecule has 0 unspecified atom stereocenters. The van der Waals surface area contributed by atoms with Crippen LogP contribution in [0.1, 0.15) is 36.5 Å². The number of piperidine rings is 1. The molecule has 0 saturated carbocycles. The van der Waals surface area contributed by atoms with E-state index in [9.17, 15) is 13.2 Å². The minimum atomic E-state index is -3.47. The highest BCUT2D eigenvalue weighted by Gasteiger charge is 2.26. The van der Waals surface area contributed by atoms with Gasteiger partial charge in [-0.3, -0.25) is 4.79 Å². The standard InChI is InChI=1S/C19H22N2O3S2/c1-15(19(22)16-8-4-2-5-9-16)25-18-11-10-17(14-20-18)26(23,24)21-12-6-3-7-13-21/h2,4-5,8-11,14-15H,3,6-7,12-13H2,1H3/t15-/m1/s1. The van der Waals surface area contributed by atoms with Gasteiger partial charge in [0.05, 0.1) is 10.3 Å². The quantitative estimate of drug-likeness (QED) is 0.557. The summed E-state index contributed by atoms with van der Waals surface area (Å²) in [7, 11) is -3.47. The van der Waals surface area contributed by atoms with E-state index >= 15 is 0 Å². The van der Waals surface area contributed by atoms with Gasteiger partial charge in [0.15, 0.2) is 5.78 Å². The van der Waals surface area contributed by atoms with Crippen molar-refractivity contribution in [2.75, 3.05) is 13.1 Å². The number of carbonyl (C=O) groups is 1. The molecule has 1 aliphatic heterocycles. The van der Waals surface area contributed by atoms with Gasteiger partial charge in [-0.25, -0.2) is 13.4 Å². The normalized spacial score (nSPS) is 17.0. The first kappa shape index (κ1) is 19.1. The number of nitrogens with zero attached hydrogens (tertiary/aromatic N) is 2. The van der Waals surface area contributed by atoms with E-state index in [2.05, 4.69) is 4.98 Å². The number of carbonyl (C=O) groups excluding carboxylic acids is 1. The lowest BCUT2D eigenvalue weighted by atomic mass is 10.1. The van der Waals surface area contributed by atoms with Crippen molar-refractivity contribution >= 4 is 27.6 Å². The number of ketones is 1. The Bertz CT molecular complexity index is 846. The van der Waals surface area contributed by atoms with Crippen molar-refractivity contribution in [3.8, 4) is 0 Å². The zero-order valence-corrected chi connectivity index (χ0v) is 16.3. The van der Waals surface area contributed by atoms with Crippen LogP contribution in [0.2, 0.25) is 0 Å². The molecule has 1 aromatic carbocycles. The molecule has 0 amide bonds. The van der Waals surface area contributed by atoms with Crippen molar-refractivity contribution in [2.24, 2.45) is 0 Å². The second-order valence-electron chi connectivity index (χ2n) is 6.29. The average Bonchev–Trinajstić information content (AvgIpc) is 2.69. The van der Waals surface area contributed by atoms with Crippen LogP contribution in [0.4, 0.5) is 0 Å². The van der Waals surface area contributed by atoms with Crippen molar-refractivity contribution in [3.05, 3.63) is 54.2 Å². The Balaban J connectivity index is 1.68. The number of hydrogen-bond acceptors (Lipinski definition) is 5. The number of benzene rings is 1. The van der Waals surface area contributed by atoms with Gasteiger partial charge in [0.25, 0.3) is 0 Å². The van der Waals surface area contributed by atoms with Crippen LogP contribution >= 0.6 is 11.8 Å². The number of pyridine rings is 1. The maximum atomic E-state index is 12.6. The largest absolute Gasteiger partial charge is 0.293 e. The third-order valence-electron chi connectivity index (χ3n) is 4.39. The fourth-order valence-electron chi connectivity index (χ4n) is 2.92. The first-order valence-electron chi connectivity index (χ1n) is 8.70. The van der Waals surface area contributed by atoms with E-state index in [-0.39, 0.29) is 15.9 Å². The second kappa shape index (κ2) is 8.33. The molecule has 0 radical (unpaired) electrons. The summed E-state index contributed by atoms with van der Waals surface area (Å²) in [5.74, 6) is 0.0300. The lowest BCUT2D eigenvalue weighted by Gasteiger charge is -2.25. The van der Waals surface area contributed by atoms with E-state index in [1.807, 2.05) is 25.1 Å². The van der Waals surface area contributed by atoms with Crippen molar-refractivity contribution in [1.29, 1.82) is 0 Å². The molecule has 1 aliphatic rings. The molecule has 3 rings (SSSR count). The summed E-state index contributed by atoms with van der Waals surface area (Å²) in [4.78, 5) is 16.9. The van der Waals surface area contributed by atoms with Gasteiger partial charge in [-0.05, 0) is 31.9 Å². The summed E-state index contributed by atoms with van der Waals surface area (Å²) in [5, 5.41) is 0.342. The van der Waals surface area contributed by atoms with Gasteiger partial charge in [-0.15, -0.1) is 0 Å². The van der Waals surface area contributed by atoms with Crippen LogP contribution in [0.25, 0.3) is 0 Å². The monoisotopic (exact) mass is 390 g/mol. The molecule has 138 valence electrons. The molecule has 1 fully saturated rings. The van der Waals surface area contributed by atoms with Crippen LogP contribution in [0, 0.1) is 0 Å². The number of Topliss-reactive ketones (excluding diaryl/α,β-unsaturated/α-hetero) is 1. The van der Waals surface area contributed by atoms with E-state index in [1.54, 1.807) is 24.3 Å². The summed E-state index contributed by atoms with van der Waals surface area (Å²) in [6, 6.07) is 12.4. The smallest absolute Gasteiger partial charge is 0.244 e. The van der Waals surface area contributed by atoms with Crippen LogP contribution in [0.5, 0.6) is 0 Å². The fraction of sp³-hybridized carbons (Fsp3) is 0.368. The lowest BCUT2D eigenvalue weighted by molar-refractivity contribution is 0.0994. The van der Waals surface area contributed by atoms with E-state index in [1.165, 1.54) is 22.3 Å². The maximum absolute atomic E-state index is 12.6. The molecular formula is C19H22N2O3S2. The Labute approximate surface area is 158 Å². The zero-order valence-electron chi connectivity index (χ0n) is 14.7. The number of sulfonamides is 1. The molecule has 1 atom stereocenters. The first-order valence-corrected chi connectivity index (χ1v) is 11.0. The molecule has 2 heterocycles. The van der Waals surface area contributed by atoms with Crippen molar-refractivity contribution in [3.63, 3.8) is 0 Å². The number of aromatic nitrogens is 1. The van der Waals surface area contributed by atoms with Crippen molar-refractivity contribution in [1.82, 2.24) is 9.29 Å². The van der Waals surface area contributed by atoms with Gasteiger partial charge < -0.3 is 0 Å². The molecule has 0 bridgehead atoms. The van der Waals surface area contributed by atoms with E-state index < -0.39 is 10.0 Å². The first-order chi connectivity index (χ1) is 12.5. The maximum Gasteiger partial charge on any atom is 0.244 e. The van der Waals surface area contributed by atoms with E-state index in [4.69, 9.17) is 0 Å². The predicted molar refractivity (Wildman–Crippen MR) is 103 cm³/mol. The van der Waals surface area contributed by atoms with E-state index in [0.29, 0.717) is 23.7 Å². The molecule has 0 spiro atoms. The third kappa shape index (κ3) is 4.34.